The lowest BCUT2D eigenvalue weighted by Crippen LogP contribution is -2.33. The molecule has 2 aromatic carbocycles. The van der Waals surface area contributed by atoms with Crippen LogP contribution in [0.15, 0.2) is 47.4 Å². The van der Waals surface area contributed by atoms with E-state index in [0.717, 1.165) is 11.8 Å². The van der Waals surface area contributed by atoms with E-state index >= 15 is 0 Å². The van der Waals surface area contributed by atoms with Gasteiger partial charge in [0.1, 0.15) is 5.75 Å². The first-order valence-electron chi connectivity index (χ1n) is 7.73. The van der Waals surface area contributed by atoms with Crippen LogP contribution in [-0.4, -0.2) is 39.1 Å². The molecule has 1 amide bonds. The maximum Gasteiger partial charge on any atom is 0.260 e. The minimum atomic E-state index is -3.25. The van der Waals surface area contributed by atoms with Crippen LogP contribution in [-0.2, 0) is 14.6 Å². The standard InChI is InChI=1S/C18H19Cl2NO4S/c1-12(13-4-7-15(8-5-13)26(3,23)24)21(2)18(22)11-25-17-9-6-14(19)10-16(17)20/h4-10,12H,11H2,1-3H3/t12-/m1/s1. The van der Waals surface area contributed by atoms with Gasteiger partial charge in [-0.05, 0) is 42.8 Å². The summed E-state index contributed by atoms with van der Waals surface area (Å²) in [5.74, 6) is 0.138. The fourth-order valence-electron chi connectivity index (χ4n) is 2.27. The second-order valence-corrected chi connectivity index (χ2v) is 8.74. The maximum atomic E-state index is 12.4. The molecule has 2 rings (SSSR count). The van der Waals surface area contributed by atoms with Crippen molar-refractivity contribution < 1.29 is 17.9 Å². The van der Waals surface area contributed by atoms with Gasteiger partial charge in [0.25, 0.3) is 5.91 Å². The van der Waals surface area contributed by atoms with Crippen LogP contribution >= 0.6 is 23.2 Å². The van der Waals surface area contributed by atoms with Gasteiger partial charge in [-0.3, -0.25) is 4.79 Å². The first-order valence-corrected chi connectivity index (χ1v) is 10.4. The van der Waals surface area contributed by atoms with Gasteiger partial charge in [-0.25, -0.2) is 8.42 Å². The summed E-state index contributed by atoms with van der Waals surface area (Å²) in [6.07, 6.45) is 1.15. The highest BCUT2D eigenvalue weighted by Gasteiger charge is 2.19. The molecule has 0 aliphatic rings. The highest BCUT2D eigenvalue weighted by atomic mass is 35.5. The number of hydrogen-bond donors (Lipinski definition) is 0. The van der Waals surface area contributed by atoms with Crippen molar-refractivity contribution in [2.24, 2.45) is 0 Å². The molecule has 0 aliphatic heterocycles. The van der Waals surface area contributed by atoms with E-state index in [4.69, 9.17) is 27.9 Å². The van der Waals surface area contributed by atoms with Crippen LogP contribution < -0.4 is 4.74 Å². The predicted octanol–water partition coefficient (Wildman–Crippen LogP) is 4.00. The van der Waals surface area contributed by atoms with Gasteiger partial charge in [-0.1, -0.05) is 35.3 Å². The Balaban J connectivity index is 2.02. The minimum absolute atomic E-state index is 0.177. The van der Waals surface area contributed by atoms with E-state index in [9.17, 15) is 13.2 Å². The predicted molar refractivity (Wildman–Crippen MR) is 103 cm³/mol. The summed E-state index contributed by atoms with van der Waals surface area (Å²) in [5.41, 5.74) is 0.817. The van der Waals surface area contributed by atoms with E-state index in [-0.39, 0.29) is 23.5 Å². The van der Waals surface area contributed by atoms with Crippen molar-refractivity contribution >= 4 is 38.9 Å². The lowest BCUT2D eigenvalue weighted by Gasteiger charge is -2.25. The SMILES string of the molecule is C[C@H](c1ccc(S(C)(=O)=O)cc1)N(C)C(=O)COc1ccc(Cl)cc1Cl. The van der Waals surface area contributed by atoms with Crippen LogP contribution in [0.5, 0.6) is 5.75 Å². The third-order valence-electron chi connectivity index (χ3n) is 4.01. The molecule has 1 atom stereocenters. The first-order chi connectivity index (χ1) is 12.1. The van der Waals surface area contributed by atoms with E-state index in [1.165, 1.54) is 17.0 Å². The molecular formula is C18H19Cl2NO4S. The maximum absolute atomic E-state index is 12.4. The Morgan fingerprint density at radius 2 is 1.77 bits per heavy atom. The molecule has 0 heterocycles. The number of halogens is 2. The Labute approximate surface area is 163 Å². The Bertz CT molecular complexity index is 898. The van der Waals surface area contributed by atoms with Gasteiger partial charge in [0.2, 0.25) is 0 Å². The number of nitrogens with zero attached hydrogens (tertiary/aromatic N) is 1. The third kappa shape index (κ3) is 5.13. The van der Waals surface area contributed by atoms with Crippen molar-refractivity contribution in [3.63, 3.8) is 0 Å². The number of ether oxygens (including phenoxy) is 1. The van der Waals surface area contributed by atoms with E-state index in [1.807, 2.05) is 6.92 Å². The number of hydrogen-bond acceptors (Lipinski definition) is 4. The molecule has 0 fully saturated rings. The third-order valence-corrected chi connectivity index (χ3v) is 5.67. The van der Waals surface area contributed by atoms with E-state index < -0.39 is 9.84 Å². The molecule has 140 valence electrons. The normalized spacial score (nSPS) is 12.5. The molecule has 0 spiro atoms. The molecule has 2 aromatic rings. The molecule has 0 unspecified atom stereocenters. The molecule has 0 aliphatic carbocycles. The van der Waals surface area contributed by atoms with E-state index in [2.05, 4.69) is 0 Å². The molecule has 0 saturated heterocycles. The Morgan fingerprint density at radius 3 is 2.31 bits per heavy atom. The molecule has 0 saturated carbocycles. The molecule has 0 aromatic heterocycles. The van der Waals surface area contributed by atoms with Crippen LogP contribution in [0.2, 0.25) is 10.0 Å². The van der Waals surface area contributed by atoms with Gasteiger partial charge >= 0.3 is 0 Å². The summed E-state index contributed by atoms with van der Waals surface area (Å²) in [5, 5.41) is 0.814. The lowest BCUT2D eigenvalue weighted by atomic mass is 10.1. The zero-order valence-corrected chi connectivity index (χ0v) is 16.9. The highest BCUT2D eigenvalue weighted by Crippen LogP contribution is 2.28. The second-order valence-electron chi connectivity index (χ2n) is 5.89. The van der Waals surface area contributed by atoms with Gasteiger partial charge in [0.05, 0.1) is 16.0 Å². The van der Waals surface area contributed by atoms with Crippen LogP contribution in [0, 0.1) is 0 Å². The number of carbonyl (C=O) groups is 1. The zero-order valence-electron chi connectivity index (χ0n) is 14.6. The van der Waals surface area contributed by atoms with Crippen molar-refractivity contribution in [3.05, 3.63) is 58.1 Å². The average molecular weight is 416 g/mol. The molecule has 8 heteroatoms. The number of amides is 1. The van der Waals surface area contributed by atoms with Crippen LogP contribution in [0.25, 0.3) is 0 Å². The fourth-order valence-corrected chi connectivity index (χ4v) is 3.36. The number of carbonyl (C=O) groups excluding carboxylic acids is 1. The quantitative estimate of drug-likeness (QED) is 0.714. The minimum Gasteiger partial charge on any atom is -0.482 e. The number of rotatable bonds is 6. The largest absolute Gasteiger partial charge is 0.482 e. The summed E-state index contributed by atoms with van der Waals surface area (Å²) in [4.78, 5) is 14.1. The smallest absolute Gasteiger partial charge is 0.260 e. The van der Waals surface area contributed by atoms with Crippen molar-refractivity contribution in [2.75, 3.05) is 19.9 Å². The first kappa shape index (κ1) is 20.6. The van der Waals surface area contributed by atoms with Crippen molar-refractivity contribution in [1.29, 1.82) is 0 Å². The van der Waals surface area contributed by atoms with Crippen molar-refractivity contribution in [3.8, 4) is 5.75 Å². The zero-order chi connectivity index (χ0) is 19.5. The van der Waals surface area contributed by atoms with Gasteiger partial charge in [-0.2, -0.15) is 0 Å². The monoisotopic (exact) mass is 415 g/mol. The molecule has 0 radical (unpaired) electrons. The van der Waals surface area contributed by atoms with Gasteiger partial charge in [0.15, 0.2) is 16.4 Å². The van der Waals surface area contributed by atoms with Crippen molar-refractivity contribution in [1.82, 2.24) is 4.90 Å². The molecule has 5 nitrogen and oxygen atoms in total. The Kier molecular flexibility index (Phi) is 6.55. The van der Waals surface area contributed by atoms with Gasteiger partial charge < -0.3 is 9.64 Å². The summed E-state index contributed by atoms with van der Waals surface area (Å²) >= 11 is 11.8. The second kappa shape index (κ2) is 8.29. The Morgan fingerprint density at radius 1 is 1.15 bits per heavy atom. The summed E-state index contributed by atoms with van der Waals surface area (Å²) in [6.45, 7) is 1.67. The van der Waals surface area contributed by atoms with E-state index in [0.29, 0.717) is 15.8 Å². The van der Waals surface area contributed by atoms with E-state index in [1.54, 1.807) is 37.4 Å². The summed E-state index contributed by atoms with van der Waals surface area (Å²) in [7, 11) is -1.59. The van der Waals surface area contributed by atoms with Gasteiger partial charge in [0, 0.05) is 18.3 Å². The van der Waals surface area contributed by atoms with Gasteiger partial charge in [-0.15, -0.1) is 0 Å². The average Bonchev–Trinajstić information content (AvgIpc) is 2.58. The molecule has 26 heavy (non-hydrogen) atoms. The molecule has 0 N–H and O–H groups in total. The number of benzene rings is 2. The molecule has 0 bridgehead atoms. The lowest BCUT2D eigenvalue weighted by molar-refractivity contribution is -0.134. The van der Waals surface area contributed by atoms with Crippen LogP contribution in [0.1, 0.15) is 18.5 Å². The summed E-state index contributed by atoms with van der Waals surface area (Å²) < 4.78 is 28.5. The topological polar surface area (TPSA) is 63.7 Å². The fraction of sp³-hybridized carbons (Fsp3) is 0.278. The van der Waals surface area contributed by atoms with Crippen LogP contribution in [0.3, 0.4) is 0 Å². The van der Waals surface area contributed by atoms with Crippen LogP contribution in [0.4, 0.5) is 0 Å². The number of likely N-dealkylation sites (N-methyl/N-ethyl adjacent to an activating group) is 1. The summed E-state index contributed by atoms with van der Waals surface area (Å²) in [6, 6.07) is 11.0. The van der Waals surface area contributed by atoms with Crippen molar-refractivity contribution in [2.45, 2.75) is 17.9 Å². The molecular weight excluding hydrogens is 397 g/mol. The Hall–Kier alpha value is -1.76. The number of sulfone groups is 1. The highest BCUT2D eigenvalue weighted by molar-refractivity contribution is 7.90.